The third-order valence-corrected chi connectivity index (χ3v) is 3.88. The van der Waals surface area contributed by atoms with E-state index in [1.807, 2.05) is 0 Å². The first-order chi connectivity index (χ1) is 9.86. The van der Waals surface area contributed by atoms with Crippen molar-refractivity contribution in [3.63, 3.8) is 0 Å². The zero-order chi connectivity index (χ0) is 16.0. The summed E-state index contributed by atoms with van der Waals surface area (Å²) in [6.07, 6.45) is -2.23. The van der Waals surface area contributed by atoms with Crippen molar-refractivity contribution in [3.05, 3.63) is 34.3 Å². The first-order valence-corrected chi connectivity index (χ1v) is 7.40. The van der Waals surface area contributed by atoms with Crippen molar-refractivity contribution in [2.45, 2.75) is 32.5 Å². The molecule has 0 unspecified atom stereocenters. The number of hydrogen-bond donors (Lipinski definition) is 1. The van der Waals surface area contributed by atoms with Crippen molar-refractivity contribution in [2.24, 2.45) is 11.7 Å². The Bertz CT molecular complexity index is 441. The van der Waals surface area contributed by atoms with Gasteiger partial charge in [0.15, 0.2) is 0 Å². The zero-order valence-corrected chi connectivity index (χ0v) is 13.1. The summed E-state index contributed by atoms with van der Waals surface area (Å²) in [6, 6.07) is 3.80. The molecule has 1 aromatic rings. The standard InChI is InChI=1S/C14H17ClF3N.CH5N/c1-10-4-6-19(7-5-10)9-11-8-12(15)2-3-13(11)14(16,17)18;1-2/h2-3,8,10H,4-7,9H2,1H3;2H2,1H3. The van der Waals surface area contributed by atoms with E-state index in [1.165, 1.54) is 19.2 Å². The molecule has 1 aliphatic rings. The van der Waals surface area contributed by atoms with E-state index >= 15 is 0 Å². The number of alkyl halides is 3. The average Bonchev–Trinajstić information content (AvgIpc) is 2.42. The van der Waals surface area contributed by atoms with E-state index in [-0.39, 0.29) is 5.56 Å². The van der Waals surface area contributed by atoms with Gasteiger partial charge in [-0.1, -0.05) is 18.5 Å². The lowest BCUT2D eigenvalue weighted by molar-refractivity contribution is -0.138. The Hall–Kier alpha value is -0.780. The quantitative estimate of drug-likeness (QED) is 0.885. The van der Waals surface area contributed by atoms with Gasteiger partial charge in [0.05, 0.1) is 5.56 Å². The molecule has 0 atom stereocenters. The molecule has 0 amide bonds. The van der Waals surface area contributed by atoms with Crippen molar-refractivity contribution in [2.75, 3.05) is 20.1 Å². The lowest BCUT2D eigenvalue weighted by atomic mass is 9.98. The van der Waals surface area contributed by atoms with Gasteiger partial charge < -0.3 is 5.73 Å². The van der Waals surface area contributed by atoms with Crippen LogP contribution in [-0.4, -0.2) is 25.0 Å². The molecule has 0 saturated carbocycles. The molecule has 21 heavy (non-hydrogen) atoms. The van der Waals surface area contributed by atoms with Crippen LogP contribution in [0.2, 0.25) is 5.02 Å². The Morgan fingerprint density at radius 3 is 2.33 bits per heavy atom. The summed E-state index contributed by atoms with van der Waals surface area (Å²) in [5.41, 5.74) is 4.20. The normalized spacial score (nSPS) is 17.3. The fourth-order valence-corrected chi connectivity index (χ4v) is 2.63. The van der Waals surface area contributed by atoms with Crippen molar-refractivity contribution in [1.82, 2.24) is 4.90 Å². The number of rotatable bonds is 2. The lowest BCUT2D eigenvalue weighted by Crippen LogP contribution is -2.33. The fraction of sp³-hybridized carbons (Fsp3) is 0.600. The zero-order valence-electron chi connectivity index (χ0n) is 12.4. The molecule has 1 saturated heterocycles. The largest absolute Gasteiger partial charge is 0.416 e. The molecule has 2 N–H and O–H groups in total. The summed E-state index contributed by atoms with van der Waals surface area (Å²) in [6.45, 7) is 4.20. The Balaban J connectivity index is 0.00000106. The molecule has 0 aliphatic carbocycles. The molecule has 0 bridgehead atoms. The van der Waals surface area contributed by atoms with Gasteiger partial charge in [0.1, 0.15) is 0 Å². The van der Waals surface area contributed by atoms with Gasteiger partial charge in [-0.25, -0.2) is 0 Å². The highest BCUT2D eigenvalue weighted by Crippen LogP contribution is 2.34. The minimum absolute atomic E-state index is 0.273. The molecule has 1 fully saturated rings. The van der Waals surface area contributed by atoms with Crippen molar-refractivity contribution in [3.8, 4) is 0 Å². The first kappa shape index (κ1) is 18.3. The summed E-state index contributed by atoms with van der Waals surface area (Å²) in [7, 11) is 1.50. The molecular formula is C15H22ClF3N2. The van der Waals surface area contributed by atoms with Crippen LogP contribution < -0.4 is 5.73 Å². The molecule has 2 rings (SSSR count). The van der Waals surface area contributed by atoms with Crippen molar-refractivity contribution in [1.29, 1.82) is 0 Å². The summed E-state index contributed by atoms with van der Waals surface area (Å²) < 4.78 is 38.8. The fourth-order valence-electron chi connectivity index (χ4n) is 2.43. The number of halogens is 4. The minimum atomic E-state index is -4.32. The predicted octanol–water partition coefficient (Wildman–Crippen LogP) is 4.17. The number of nitrogens with two attached hydrogens (primary N) is 1. The van der Waals surface area contributed by atoms with E-state index in [4.69, 9.17) is 11.6 Å². The molecular weight excluding hydrogens is 301 g/mol. The van der Waals surface area contributed by atoms with Gasteiger partial charge in [0.25, 0.3) is 0 Å². The van der Waals surface area contributed by atoms with Gasteiger partial charge in [-0.2, -0.15) is 13.2 Å². The highest BCUT2D eigenvalue weighted by atomic mass is 35.5. The molecule has 6 heteroatoms. The maximum Gasteiger partial charge on any atom is 0.416 e. The van der Waals surface area contributed by atoms with Crippen LogP contribution in [0.25, 0.3) is 0 Å². The predicted molar refractivity (Wildman–Crippen MR) is 80.2 cm³/mol. The maximum atomic E-state index is 12.9. The third-order valence-electron chi connectivity index (χ3n) is 3.64. The van der Waals surface area contributed by atoms with Crippen LogP contribution in [0, 0.1) is 5.92 Å². The Labute approximate surface area is 129 Å². The molecule has 2 nitrogen and oxygen atoms in total. The van der Waals surface area contributed by atoms with Gasteiger partial charge in [-0.3, -0.25) is 4.90 Å². The van der Waals surface area contributed by atoms with Crippen LogP contribution in [-0.2, 0) is 12.7 Å². The Morgan fingerprint density at radius 2 is 1.81 bits per heavy atom. The SMILES string of the molecule is CC1CCN(Cc2cc(Cl)ccc2C(F)(F)F)CC1.CN. The van der Waals surface area contributed by atoms with E-state index < -0.39 is 11.7 Å². The third kappa shape index (κ3) is 5.49. The molecule has 1 aliphatic heterocycles. The number of piperidine rings is 1. The second kappa shape index (κ2) is 8.01. The molecule has 0 spiro atoms. The van der Waals surface area contributed by atoms with Crippen molar-refractivity contribution < 1.29 is 13.2 Å². The highest BCUT2D eigenvalue weighted by molar-refractivity contribution is 6.30. The first-order valence-electron chi connectivity index (χ1n) is 7.02. The van der Waals surface area contributed by atoms with Gasteiger partial charge in [0, 0.05) is 11.6 Å². The monoisotopic (exact) mass is 322 g/mol. The van der Waals surface area contributed by atoms with Crippen LogP contribution in [0.5, 0.6) is 0 Å². The van der Waals surface area contributed by atoms with Crippen LogP contribution >= 0.6 is 11.6 Å². The van der Waals surface area contributed by atoms with Gasteiger partial charge in [0.2, 0.25) is 0 Å². The average molecular weight is 323 g/mol. The number of likely N-dealkylation sites (tertiary alicyclic amines) is 1. The summed E-state index contributed by atoms with van der Waals surface area (Å²) in [5.74, 6) is 0.665. The summed E-state index contributed by atoms with van der Waals surface area (Å²) >= 11 is 5.82. The molecule has 0 aromatic heterocycles. The number of hydrogen-bond acceptors (Lipinski definition) is 2. The van der Waals surface area contributed by atoms with Gasteiger partial charge in [-0.05, 0) is 62.7 Å². The number of benzene rings is 1. The van der Waals surface area contributed by atoms with Crippen molar-refractivity contribution >= 4 is 11.6 Å². The van der Waals surface area contributed by atoms with Crippen LogP contribution in [0.15, 0.2) is 18.2 Å². The molecule has 1 aromatic carbocycles. The second-order valence-electron chi connectivity index (χ2n) is 5.26. The molecule has 1 heterocycles. The van der Waals surface area contributed by atoms with Crippen LogP contribution in [0.4, 0.5) is 13.2 Å². The van der Waals surface area contributed by atoms with E-state index in [2.05, 4.69) is 17.6 Å². The van der Waals surface area contributed by atoms with E-state index in [1.54, 1.807) is 0 Å². The maximum absolute atomic E-state index is 12.9. The summed E-state index contributed by atoms with van der Waals surface area (Å²) in [4.78, 5) is 2.07. The van der Waals surface area contributed by atoms with E-state index in [9.17, 15) is 13.2 Å². The molecule has 120 valence electrons. The van der Waals surface area contributed by atoms with E-state index in [0.29, 0.717) is 17.5 Å². The van der Waals surface area contributed by atoms with E-state index in [0.717, 1.165) is 32.0 Å². The number of nitrogens with zero attached hydrogens (tertiary/aromatic N) is 1. The topological polar surface area (TPSA) is 29.3 Å². The summed E-state index contributed by atoms with van der Waals surface area (Å²) in [5, 5.41) is 0.355. The Kier molecular flexibility index (Phi) is 6.97. The van der Waals surface area contributed by atoms with Gasteiger partial charge >= 0.3 is 6.18 Å². The smallest absolute Gasteiger partial charge is 0.333 e. The van der Waals surface area contributed by atoms with Crippen LogP contribution in [0.3, 0.4) is 0 Å². The molecule has 0 radical (unpaired) electrons. The Morgan fingerprint density at radius 1 is 1.24 bits per heavy atom. The van der Waals surface area contributed by atoms with Crippen LogP contribution in [0.1, 0.15) is 30.9 Å². The lowest BCUT2D eigenvalue weighted by Gasteiger charge is -2.31. The minimum Gasteiger partial charge on any atom is -0.333 e. The van der Waals surface area contributed by atoms with Gasteiger partial charge in [-0.15, -0.1) is 0 Å². The second-order valence-corrected chi connectivity index (χ2v) is 5.69. The highest BCUT2D eigenvalue weighted by Gasteiger charge is 2.33.